The molecule has 0 bridgehead atoms. The predicted molar refractivity (Wildman–Crippen MR) is 176 cm³/mol. The van der Waals surface area contributed by atoms with Gasteiger partial charge in [0.05, 0.1) is 25.2 Å². The number of amides is 2. The highest BCUT2D eigenvalue weighted by atomic mass is 16.5. The second-order valence-corrected chi connectivity index (χ2v) is 12.2. The van der Waals surface area contributed by atoms with Gasteiger partial charge in [-0.25, -0.2) is 9.89 Å². The summed E-state index contributed by atoms with van der Waals surface area (Å²) in [7, 11) is 1.68. The fourth-order valence-corrected chi connectivity index (χ4v) is 6.79. The summed E-state index contributed by atoms with van der Waals surface area (Å²) >= 11 is 0. The molecule has 3 heterocycles. The van der Waals surface area contributed by atoms with E-state index in [0.717, 1.165) is 28.9 Å². The summed E-state index contributed by atoms with van der Waals surface area (Å²) in [6.45, 7) is 2.90. The average molecular weight is 634 g/mol. The van der Waals surface area contributed by atoms with E-state index in [1.807, 2.05) is 59.5 Å². The van der Waals surface area contributed by atoms with E-state index in [2.05, 4.69) is 44.8 Å². The first kappa shape index (κ1) is 31.8. The molecule has 11 heteroatoms. The van der Waals surface area contributed by atoms with Gasteiger partial charge < -0.3 is 19.9 Å². The number of aromatic nitrogens is 3. The van der Waals surface area contributed by atoms with Crippen LogP contribution < -0.4 is 15.7 Å². The molecule has 1 aromatic heterocycles. The minimum Gasteiger partial charge on any atom is -0.496 e. The highest BCUT2D eigenvalue weighted by Crippen LogP contribution is 2.32. The molecule has 0 aliphatic carbocycles. The lowest BCUT2D eigenvalue weighted by Gasteiger charge is -2.42. The van der Waals surface area contributed by atoms with Gasteiger partial charge in [-0.1, -0.05) is 48.5 Å². The Morgan fingerprint density at radius 1 is 0.979 bits per heavy atom. The molecule has 2 aliphatic heterocycles. The van der Waals surface area contributed by atoms with Crippen molar-refractivity contribution in [3.05, 3.63) is 106 Å². The summed E-state index contributed by atoms with van der Waals surface area (Å²) in [5.74, 6) is 1.16. The maximum Gasteiger partial charge on any atom is 0.340 e. The Bertz CT molecular complexity index is 1790. The number of hydrogen-bond acceptors (Lipinski definition) is 7. The minimum absolute atomic E-state index is 0.0300. The lowest BCUT2D eigenvalue weighted by Crippen LogP contribution is -2.52. The highest BCUT2D eigenvalue weighted by Gasteiger charge is 2.36. The fourth-order valence-electron chi connectivity index (χ4n) is 6.79. The number of ether oxygens (including phenoxy) is 1. The molecular formula is C36H39N7O4. The quantitative estimate of drug-likeness (QED) is 0.255. The molecule has 2 amide bonds. The maximum absolute atomic E-state index is 13.8. The molecule has 2 fully saturated rings. The zero-order chi connectivity index (χ0) is 32.8. The smallest absolute Gasteiger partial charge is 0.340 e. The molecule has 6 rings (SSSR count). The summed E-state index contributed by atoms with van der Waals surface area (Å²) in [6, 6.07) is 26.4. The summed E-state index contributed by atoms with van der Waals surface area (Å²) in [5.41, 5.74) is 4.51. The van der Waals surface area contributed by atoms with Crippen LogP contribution in [0, 0.1) is 17.2 Å². The number of nitrogens with zero attached hydrogens (tertiary/aromatic N) is 4. The monoisotopic (exact) mass is 633 g/mol. The SMILES string of the molecule is COc1ccc(-c2ccc(C#N)cc2)cc1CN[C@H]1CCN(C(=O)C2CCN(C(=O)Cc3n[nH]c(=O)[nH]3)CC2)C[C@H]1c1ccccc1. The van der Waals surface area contributed by atoms with E-state index >= 15 is 0 Å². The zero-order valence-corrected chi connectivity index (χ0v) is 26.4. The molecule has 0 spiro atoms. The van der Waals surface area contributed by atoms with Crippen LogP contribution in [0.15, 0.2) is 77.6 Å². The standard InChI is InChI=1S/C36H39N7O4/c1-47-32-12-11-28(25-9-7-24(21-37)8-10-25)19-29(32)22-38-31-15-18-43(23-30(31)26-5-3-2-4-6-26)35(45)27-13-16-42(17-14-27)34(44)20-33-39-36(46)41-40-33/h2-12,19,27,30-31,38H,13-18,20,22-23H2,1H3,(H2,39,40,41,46)/t30-,31-/m0/s1. The Morgan fingerprint density at radius 2 is 1.70 bits per heavy atom. The third kappa shape index (κ3) is 7.45. The number of rotatable bonds is 9. The van der Waals surface area contributed by atoms with Crippen LogP contribution in [-0.2, 0) is 22.6 Å². The summed E-state index contributed by atoms with van der Waals surface area (Å²) < 4.78 is 5.71. The number of hydrogen-bond donors (Lipinski definition) is 3. The van der Waals surface area contributed by atoms with Gasteiger partial charge >= 0.3 is 5.69 Å². The first-order chi connectivity index (χ1) is 22.9. The Balaban J connectivity index is 1.10. The normalized spacial score (nSPS) is 18.5. The van der Waals surface area contributed by atoms with Gasteiger partial charge in [-0.15, -0.1) is 0 Å². The van der Waals surface area contributed by atoms with Crippen LogP contribution in [-0.4, -0.2) is 76.1 Å². The van der Waals surface area contributed by atoms with Crippen LogP contribution >= 0.6 is 0 Å². The number of piperidine rings is 2. The molecule has 0 saturated carbocycles. The lowest BCUT2D eigenvalue weighted by molar-refractivity contribution is -0.141. The Hall–Kier alpha value is -5.21. The summed E-state index contributed by atoms with van der Waals surface area (Å²) in [5, 5.41) is 19.1. The molecule has 242 valence electrons. The Kier molecular flexibility index (Phi) is 9.78. The van der Waals surface area contributed by atoms with E-state index in [4.69, 9.17) is 4.74 Å². The van der Waals surface area contributed by atoms with Gasteiger partial charge in [0.25, 0.3) is 0 Å². The highest BCUT2D eigenvalue weighted by molar-refractivity contribution is 5.81. The molecule has 0 unspecified atom stereocenters. The summed E-state index contributed by atoms with van der Waals surface area (Å²) in [4.78, 5) is 44.1. The number of methoxy groups -OCH3 is 1. The van der Waals surface area contributed by atoms with Gasteiger partial charge in [-0.3, -0.25) is 14.6 Å². The number of carbonyl (C=O) groups is 2. The van der Waals surface area contributed by atoms with Gasteiger partial charge in [-0.05, 0) is 60.2 Å². The summed E-state index contributed by atoms with van der Waals surface area (Å²) in [6.07, 6.45) is 2.07. The van der Waals surface area contributed by atoms with Gasteiger partial charge in [0.1, 0.15) is 11.6 Å². The van der Waals surface area contributed by atoms with Crippen molar-refractivity contribution >= 4 is 11.8 Å². The van der Waals surface area contributed by atoms with Crippen molar-refractivity contribution in [3.8, 4) is 22.9 Å². The molecule has 2 saturated heterocycles. The molecular weight excluding hydrogens is 594 g/mol. The number of nitriles is 1. The van der Waals surface area contributed by atoms with Crippen LogP contribution in [0.1, 0.15) is 47.7 Å². The van der Waals surface area contributed by atoms with Crippen LogP contribution in [0.3, 0.4) is 0 Å². The number of carbonyl (C=O) groups excluding carboxylic acids is 2. The zero-order valence-electron chi connectivity index (χ0n) is 26.4. The van der Waals surface area contributed by atoms with Crippen molar-refractivity contribution in [2.45, 2.75) is 44.2 Å². The number of likely N-dealkylation sites (tertiary alicyclic amines) is 2. The van der Waals surface area contributed by atoms with Crippen LogP contribution in [0.4, 0.5) is 0 Å². The minimum atomic E-state index is -0.432. The molecule has 47 heavy (non-hydrogen) atoms. The van der Waals surface area contributed by atoms with E-state index in [-0.39, 0.29) is 36.1 Å². The topological polar surface area (TPSA) is 147 Å². The van der Waals surface area contributed by atoms with Crippen molar-refractivity contribution in [1.82, 2.24) is 30.3 Å². The lowest BCUT2D eigenvalue weighted by atomic mass is 9.84. The van der Waals surface area contributed by atoms with E-state index in [0.29, 0.717) is 57.0 Å². The average Bonchev–Trinajstić information content (AvgIpc) is 3.54. The molecule has 0 radical (unpaired) electrons. The van der Waals surface area contributed by atoms with Crippen LogP contribution in [0.5, 0.6) is 5.75 Å². The van der Waals surface area contributed by atoms with Crippen molar-refractivity contribution in [2.75, 3.05) is 33.3 Å². The number of H-pyrrole nitrogens is 2. The third-order valence-electron chi connectivity index (χ3n) is 9.40. The fraction of sp³-hybridized carbons (Fsp3) is 0.361. The maximum atomic E-state index is 13.8. The molecule has 3 N–H and O–H groups in total. The number of benzene rings is 3. The Morgan fingerprint density at radius 3 is 2.38 bits per heavy atom. The van der Waals surface area contributed by atoms with Crippen molar-refractivity contribution in [1.29, 1.82) is 5.26 Å². The molecule has 4 aromatic rings. The van der Waals surface area contributed by atoms with E-state index in [9.17, 15) is 19.6 Å². The van der Waals surface area contributed by atoms with Crippen molar-refractivity contribution in [3.63, 3.8) is 0 Å². The Labute approximate surface area is 273 Å². The largest absolute Gasteiger partial charge is 0.496 e. The van der Waals surface area contributed by atoms with Crippen molar-refractivity contribution in [2.24, 2.45) is 5.92 Å². The third-order valence-corrected chi connectivity index (χ3v) is 9.40. The van der Waals surface area contributed by atoms with Gasteiger partial charge in [0, 0.05) is 56.2 Å². The van der Waals surface area contributed by atoms with Gasteiger partial charge in [-0.2, -0.15) is 10.4 Å². The van der Waals surface area contributed by atoms with Crippen LogP contribution in [0.25, 0.3) is 11.1 Å². The van der Waals surface area contributed by atoms with Gasteiger partial charge in [0.2, 0.25) is 11.8 Å². The predicted octanol–water partition coefficient (Wildman–Crippen LogP) is 3.60. The second-order valence-electron chi connectivity index (χ2n) is 12.2. The van der Waals surface area contributed by atoms with Crippen molar-refractivity contribution < 1.29 is 14.3 Å². The first-order valence-corrected chi connectivity index (χ1v) is 16.1. The molecule has 2 aliphatic rings. The number of nitrogens with one attached hydrogen (secondary N) is 3. The molecule has 2 atom stereocenters. The molecule has 11 nitrogen and oxygen atoms in total. The second kappa shape index (κ2) is 14.5. The van der Waals surface area contributed by atoms with E-state index in [1.54, 1.807) is 12.0 Å². The van der Waals surface area contributed by atoms with Crippen LogP contribution in [0.2, 0.25) is 0 Å². The first-order valence-electron chi connectivity index (χ1n) is 16.1. The van der Waals surface area contributed by atoms with Gasteiger partial charge in [0.15, 0.2) is 0 Å². The molecule has 3 aromatic carbocycles. The van der Waals surface area contributed by atoms with E-state index < -0.39 is 5.69 Å². The number of aromatic amines is 2. The van der Waals surface area contributed by atoms with E-state index in [1.165, 1.54) is 5.56 Å².